The van der Waals surface area contributed by atoms with Crippen molar-refractivity contribution in [3.8, 4) is 0 Å². The van der Waals surface area contributed by atoms with Crippen molar-refractivity contribution in [2.24, 2.45) is 5.92 Å². The van der Waals surface area contributed by atoms with Gasteiger partial charge in [0.1, 0.15) is 10.7 Å². The van der Waals surface area contributed by atoms with Crippen molar-refractivity contribution < 1.29 is 17.9 Å². The van der Waals surface area contributed by atoms with Gasteiger partial charge in [-0.05, 0) is 42.9 Å². The van der Waals surface area contributed by atoms with Crippen LogP contribution in [-0.2, 0) is 16.6 Å². The number of hydrogen-bond donors (Lipinski definition) is 2. The lowest BCUT2D eigenvalue weighted by atomic mass is 10.0. The minimum atomic E-state index is -3.86. The molecule has 2 unspecified atom stereocenters. The summed E-state index contributed by atoms with van der Waals surface area (Å²) in [6.07, 6.45) is 4.66. The van der Waals surface area contributed by atoms with Crippen LogP contribution in [0.25, 0.3) is 0 Å². The van der Waals surface area contributed by atoms with E-state index in [1.54, 1.807) is 0 Å². The fraction of sp³-hybridized carbons (Fsp3) is 0.600. The molecule has 6 heteroatoms. The maximum Gasteiger partial charge on any atom is 0.243 e. The summed E-state index contributed by atoms with van der Waals surface area (Å²) >= 11 is 0. The maximum absolute atomic E-state index is 13.9. The van der Waals surface area contributed by atoms with E-state index in [4.69, 9.17) is 5.11 Å². The van der Waals surface area contributed by atoms with E-state index in [2.05, 4.69) is 11.6 Å². The van der Waals surface area contributed by atoms with Crippen molar-refractivity contribution in [2.45, 2.75) is 56.6 Å². The third-order valence-electron chi connectivity index (χ3n) is 4.05. The smallest absolute Gasteiger partial charge is 0.243 e. The molecule has 21 heavy (non-hydrogen) atoms. The first-order valence-corrected chi connectivity index (χ1v) is 8.82. The molecule has 1 aromatic carbocycles. The number of nitrogens with one attached hydrogen (secondary N) is 1. The molecule has 1 aliphatic rings. The van der Waals surface area contributed by atoms with E-state index in [9.17, 15) is 12.8 Å². The monoisotopic (exact) mass is 315 g/mol. The summed E-state index contributed by atoms with van der Waals surface area (Å²) in [6, 6.07) is 3.57. The van der Waals surface area contributed by atoms with Gasteiger partial charge in [-0.15, -0.1) is 0 Å². The normalized spacial score (nSPS) is 23.8. The largest absolute Gasteiger partial charge is 0.392 e. The second-order valence-corrected chi connectivity index (χ2v) is 7.54. The van der Waals surface area contributed by atoms with Crippen LogP contribution in [0.5, 0.6) is 0 Å². The highest BCUT2D eigenvalue weighted by molar-refractivity contribution is 7.89. The zero-order valence-electron chi connectivity index (χ0n) is 12.2. The zero-order chi connectivity index (χ0) is 15.5. The molecule has 0 saturated heterocycles. The first-order valence-electron chi connectivity index (χ1n) is 7.34. The lowest BCUT2D eigenvalue weighted by molar-refractivity contribution is 0.281. The van der Waals surface area contributed by atoms with Gasteiger partial charge < -0.3 is 5.11 Å². The molecule has 0 heterocycles. The molecule has 0 aliphatic heterocycles. The molecule has 118 valence electrons. The van der Waals surface area contributed by atoms with E-state index in [0.717, 1.165) is 38.2 Å². The van der Waals surface area contributed by atoms with Crippen molar-refractivity contribution in [1.82, 2.24) is 4.72 Å². The number of aliphatic hydroxyl groups is 1. The van der Waals surface area contributed by atoms with Gasteiger partial charge >= 0.3 is 0 Å². The predicted octanol–water partition coefficient (Wildman–Crippen LogP) is 2.57. The third-order valence-corrected chi connectivity index (χ3v) is 5.60. The molecule has 2 rings (SSSR count). The summed E-state index contributed by atoms with van der Waals surface area (Å²) in [5, 5.41) is 8.94. The molecular weight excluding hydrogens is 293 g/mol. The zero-order valence-corrected chi connectivity index (χ0v) is 13.0. The molecule has 2 N–H and O–H groups in total. The lowest BCUT2D eigenvalue weighted by Gasteiger charge is -2.17. The van der Waals surface area contributed by atoms with Crippen molar-refractivity contribution in [1.29, 1.82) is 0 Å². The Morgan fingerprint density at radius 1 is 1.29 bits per heavy atom. The molecule has 0 spiro atoms. The average Bonchev–Trinajstić information content (AvgIpc) is 2.62. The number of aliphatic hydroxyl groups excluding tert-OH is 1. The number of hydrogen-bond acceptors (Lipinski definition) is 3. The van der Waals surface area contributed by atoms with E-state index in [-0.39, 0.29) is 17.5 Å². The molecule has 1 fully saturated rings. The van der Waals surface area contributed by atoms with Crippen molar-refractivity contribution >= 4 is 10.0 Å². The molecule has 0 aromatic heterocycles. The van der Waals surface area contributed by atoms with E-state index in [1.165, 1.54) is 12.1 Å². The van der Waals surface area contributed by atoms with Crippen LogP contribution < -0.4 is 4.72 Å². The first kappa shape index (κ1) is 16.4. The summed E-state index contributed by atoms with van der Waals surface area (Å²) in [6.45, 7) is 1.86. The number of sulfonamides is 1. The second kappa shape index (κ2) is 6.85. The van der Waals surface area contributed by atoms with Crippen LogP contribution in [0.3, 0.4) is 0 Å². The van der Waals surface area contributed by atoms with Crippen LogP contribution in [-0.4, -0.2) is 19.6 Å². The predicted molar refractivity (Wildman–Crippen MR) is 78.7 cm³/mol. The summed E-state index contributed by atoms with van der Waals surface area (Å²) in [7, 11) is -3.86. The van der Waals surface area contributed by atoms with Gasteiger partial charge in [-0.3, -0.25) is 0 Å². The molecule has 4 nitrogen and oxygen atoms in total. The molecule has 2 atom stereocenters. The third kappa shape index (κ3) is 4.25. The van der Waals surface area contributed by atoms with Crippen LogP contribution in [0.15, 0.2) is 23.1 Å². The summed E-state index contributed by atoms with van der Waals surface area (Å²) in [5.74, 6) is -0.212. The Bertz CT molecular complexity index is 589. The van der Waals surface area contributed by atoms with E-state index >= 15 is 0 Å². The van der Waals surface area contributed by atoms with Crippen LogP contribution in [0.1, 0.15) is 44.6 Å². The highest BCUT2D eigenvalue weighted by Gasteiger charge is 2.25. The summed E-state index contributed by atoms with van der Waals surface area (Å²) in [4.78, 5) is -0.350. The molecule has 1 aromatic rings. The quantitative estimate of drug-likeness (QED) is 0.839. The van der Waals surface area contributed by atoms with Gasteiger partial charge in [0.2, 0.25) is 10.0 Å². The number of benzene rings is 1. The Morgan fingerprint density at radius 2 is 2.05 bits per heavy atom. The van der Waals surface area contributed by atoms with Crippen LogP contribution in [0.4, 0.5) is 4.39 Å². The second-order valence-electron chi connectivity index (χ2n) is 5.85. The van der Waals surface area contributed by atoms with Crippen LogP contribution >= 0.6 is 0 Å². The molecular formula is C15H22FNO3S. The van der Waals surface area contributed by atoms with Crippen molar-refractivity contribution in [2.75, 3.05) is 0 Å². The Morgan fingerprint density at radius 3 is 2.71 bits per heavy atom. The SMILES string of the molecule is CC1CCCC(NS(=O)(=O)c2ccc(CO)cc2F)CC1. The van der Waals surface area contributed by atoms with Gasteiger partial charge in [0.15, 0.2) is 0 Å². The maximum atomic E-state index is 13.9. The van der Waals surface area contributed by atoms with Gasteiger partial charge in [-0.2, -0.15) is 0 Å². The van der Waals surface area contributed by atoms with Crippen molar-refractivity contribution in [3.05, 3.63) is 29.6 Å². The van der Waals surface area contributed by atoms with E-state index in [0.29, 0.717) is 11.5 Å². The summed E-state index contributed by atoms with van der Waals surface area (Å²) in [5.41, 5.74) is 0.356. The topological polar surface area (TPSA) is 66.4 Å². The average molecular weight is 315 g/mol. The Hall–Kier alpha value is -0.980. The van der Waals surface area contributed by atoms with E-state index < -0.39 is 15.8 Å². The first-order chi connectivity index (χ1) is 9.92. The van der Waals surface area contributed by atoms with Crippen LogP contribution in [0, 0.1) is 11.7 Å². The Balaban J connectivity index is 2.14. The van der Waals surface area contributed by atoms with Gasteiger partial charge in [0, 0.05) is 6.04 Å². The van der Waals surface area contributed by atoms with Gasteiger partial charge in [-0.25, -0.2) is 17.5 Å². The highest BCUT2D eigenvalue weighted by Crippen LogP contribution is 2.24. The standard InChI is InChI=1S/C15H22FNO3S/c1-11-3-2-4-13(7-5-11)17-21(19,20)15-8-6-12(10-18)9-14(15)16/h6,8-9,11,13,17-18H,2-5,7,10H2,1H3. The van der Waals surface area contributed by atoms with Gasteiger partial charge in [0.05, 0.1) is 6.61 Å². The minimum Gasteiger partial charge on any atom is -0.392 e. The molecule has 1 aliphatic carbocycles. The number of halogens is 1. The minimum absolute atomic E-state index is 0.128. The Labute approximate surface area is 125 Å². The molecule has 0 radical (unpaired) electrons. The fourth-order valence-corrected chi connectivity index (χ4v) is 4.11. The van der Waals surface area contributed by atoms with E-state index in [1.807, 2.05) is 0 Å². The van der Waals surface area contributed by atoms with Gasteiger partial charge in [0.25, 0.3) is 0 Å². The summed E-state index contributed by atoms with van der Waals surface area (Å²) < 4.78 is 41.1. The Kier molecular flexibility index (Phi) is 5.35. The molecule has 0 bridgehead atoms. The molecule has 0 amide bonds. The fourth-order valence-electron chi connectivity index (χ4n) is 2.75. The molecule has 1 saturated carbocycles. The van der Waals surface area contributed by atoms with Crippen LogP contribution in [0.2, 0.25) is 0 Å². The van der Waals surface area contributed by atoms with Crippen molar-refractivity contribution in [3.63, 3.8) is 0 Å². The lowest BCUT2D eigenvalue weighted by Crippen LogP contribution is -2.35. The highest BCUT2D eigenvalue weighted by atomic mass is 32.2. The van der Waals surface area contributed by atoms with Gasteiger partial charge in [-0.1, -0.05) is 25.8 Å². The number of rotatable bonds is 4.